The monoisotopic (exact) mass is 444 g/mol. The van der Waals surface area contributed by atoms with Gasteiger partial charge < -0.3 is 9.80 Å². The Morgan fingerprint density at radius 2 is 2.00 bits per heavy atom. The number of benzene rings is 1. The van der Waals surface area contributed by atoms with Crippen molar-refractivity contribution in [2.45, 2.75) is 32.7 Å². The fourth-order valence-electron chi connectivity index (χ4n) is 3.14. The highest BCUT2D eigenvalue weighted by Gasteiger charge is 2.21. The molecule has 174 valence electrons. The summed E-state index contributed by atoms with van der Waals surface area (Å²) in [5.74, 6) is 0.890. The van der Waals surface area contributed by atoms with Crippen LogP contribution >= 0.6 is 0 Å². The summed E-state index contributed by atoms with van der Waals surface area (Å²) >= 11 is 0. The van der Waals surface area contributed by atoms with Gasteiger partial charge in [-0.25, -0.2) is 19.4 Å². The standard InChI is InChI=1S/C12H16N4.C6H5F.C5H12N2O2/c1-9-4-3-7-15(9)12-6-5-11-13-8-10(2)16(11)14-12;7-6-4-2-1-3-5-6;1-7(2)3-4-9-6-5-8/h5-6,8-9H,3-4,7H2,1-2H3;1-5H;5H,3-4H2,1-2H3,(H,6,8)/t9-;;/m0../s1. The van der Waals surface area contributed by atoms with Crippen LogP contribution in [0, 0.1) is 12.7 Å². The molecule has 0 radical (unpaired) electrons. The van der Waals surface area contributed by atoms with E-state index in [0.29, 0.717) is 19.1 Å². The van der Waals surface area contributed by atoms with E-state index in [2.05, 4.69) is 38.3 Å². The van der Waals surface area contributed by atoms with E-state index >= 15 is 0 Å². The molecule has 9 heteroatoms. The molecule has 1 fully saturated rings. The molecule has 1 amide bonds. The van der Waals surface area contributed by atoms with Crippen LogP contribution in [-0.4, -0.2) is 65.7 Å². The molecule has 4 rings (SSSR count). The maximum atomic E-state index is 11.9. The second-order valence-electron chi connectivity index (χ2n) is 7.73. The molecular formula is C23H33FN6O2. The maximum Gasteiger partial charge on any atom is 0.230 e. The molecule has 0 spiro atoms. The van der Waals surface area contributed by atoms with E-state index in [0.717, 1.165) is 30.2 Å². The van der Waals surface area contributed by atoms with Gasteiger partial charge in [0, 0.05) is 19.1 Å². The van der Waals surface area contributed by atoms with Crippen molar-refractivity contribution in [3.05, 3.63) is 60.2 Å². The van der Waals surface area contributed by atoms with Crippen LogP contribution in [0.1, 0.15) is 25.5 Å². The number of aryl methyl sites for hydroxylation is 1. The average molecular weight is 445 g/mol. The molecule has 32 heavy (non-hydrogen) atoms. The first kappa shape index (κ1) is 25.2. The van der Waals surface area contributed by atoms with Gasteiger partial charge in [-0.2, -0.15) is 0 Å². The number of rotatable bonds is 6. The van der Waals surface area contributed by atoms with Crippen LogP contribution in [0.15, 0.2) is 48.7 Å². The van der Waals surface area contributed by atoms with Crippen LogP contribution in [0.5, 0.6) is 0 Å². The Kier molecular flexibility index (Phi) is 10.6. The minimum Gasteiger partial charge on any atom is -0.352 e. The molecular weight excluding hydrogens is 411 g/mol. The van der Waals surface area contributed by atoms with Crippen molar-refractivity contribution in [2.24, 2.45) is 0 Å². The third-order valence-corrected chi connectivity index (χ3v) is 4.87. The lowest BCUT2D eigenvalue weighted by Crippen LogP contribution is -2.27. The first-order chi connectivity index (χ1) is 15.4. The molecule has 1 N–H and O–H groups in total. The molecule has 1 aliphatic rings. The number of carbonyl (C=O) groups is 1. The number of imidazole rings is 1. The number of carbonyl (C=O) groups excluding carboxylic acids is 1. The largest absolute Gasteiger partial charge is 0.352 e. The minimum absolute atomic E-state index is 0.178. The summed E-state index contributed by atoms with van der Waals surface area (Å²) in [5.41, 5.74) is 4.11. The number of amides is 1. The molecule has 8 nitrogen and oxygen atoms in total. The third-order valence-electron chi connectivity index (χ3n) is 4.87. The van der Waals surface area contributed by atoms with Gasteiger partial charge in [-0.1, -0.05) is 18.2 Å². The highest BCUT2D eigenvalue weighted by molar-refractivity contribution is 5.48. The van der Waals surface area contributed by atoms with Gasteiger partial charge in [0.2, 0.25) is 6.41 Å². The van der Waals surface area contributed by atoms with E-state index in [1.165, 1.54) is 25.0 Å². The molecule has 1 saturated heterocycles. The van der Waals surface area contributed by atoms with Crippen LogP contribution in [0.25, 0.3) is 5.65 Å². The number of likely N-dealkylation sites (N-methyl/N-ethyl adjacent to an activating group) is 1. The summed E-state index contributed by atoms with van der Waals surface area (Å²) < 4.78 is 13.8. The van der Waals surface area contributed by atoms with Gasteiger partial charge in [-0.15, -0.1) is 5.10 Å². The molecule has 0 saturated carbocycles. The van der Waals surface area contributed by atoms with E-state index in [1.54, 1.807) is 18.2 Å². The van der Waals surface area contributed by atoms with Crippen molar-refractivity contribution in [1.29, 1.82) is 0 Å². The maximum absolute atomic E-state index is 11.9. The number of fused-ring (bicyclic) bond motifs is 1. The Balaban J connectivity index is 0.000000193. The normalized spacial score (nSPS) is 15.1. The second-order valence-corrected chi connectivity index (χ2v) is 7.73. The predicted octanol–water partition coefficient (Wildman–Crippen LogP) is 3.08. The summed E-state index contributed by atoms with van der Waals surface area (Å²) in [6, 6.07) is 12.7. The smallest absolute Gasteiger partial charge is 0.230 e. The Hall–Kier alpha value is -3.04. The molecule has 0 bridgehead atoms. The third kappa shape index (κ3) is 8.24. The van der Waals surface area contributed by atoms with Gasteiger partial charge in [-0.3, -0.25) is 9.63 Å². The second kappa shape index (κ2) is 13.4. The molecule has 1 atom stereocenters. The first-order valence-electron chi connectivity index (χ1n) is 10.7. The summed E-state index contributed by atoms with van der Waals surface area (Å²) in [6.45, 7) is 6.74. The number of hydroxylamine groups is 1. The number of nitrogens with zero attached hydrogens (tertiary/aromatic N) is 5. The number of aromatic nitrogens is 3. The average Bonchev–Trinajstić information content (AvgIpc) is 3.38. The quantitative estimate of drug-likeness (QED) is 0.358. The SMILES string of the molecule is CN(C)CCONC=O.Cc1cnc2ccc(N3CCC[C@@H]3C)nn12.Fc1ccccc1. The van der Waals surface area contributed by atoms with Crippen molar-refractivity contribution < 1.29 is 14.0 Å². The fourth-order valence-corrected chi connectivity index (χ4v) is 3.14. The zero-order valence-electron chi connectivity index (χ0n) is 19.2. The zero-order chi connectivity index (χ0) is 23.3. The Labute approximate surface area is 188 Å². The Morgan fingerprint density at radius 1 is 1.25 bits per heavy atom. The fraction of sp³-hybridized carbons (Fsp3) is 0.435. The van der Waals surface area contributed by atoms with Crippen molar-refractivity contribution in [3.8, 4) is 0 Å². The van der Waals surface area contributed by atoms with Gasteiger partial charge in [0.1, 0.15) is 11.6 Å². The van der Waals surface area contributed by atoms with Crippen LogP contribution in [-0.2, 0) is 9.63 Å². The summed E-state index contributed by atoms with van der Waals surface area (Å²) in [6.07, 6.45) is 4.90. The number of hydrogen-bond acceptors (Lipinski definition) is 6. The van der Waals surface area contributed by atoms with Gasteiger partial charge in [-0.05, 0) is 65.0 Å². The Bertz CT molecular complexity index is 935. The highest BCUT2D eigenvalue weighted by Crippen LogP contribution is 2.23. The van der Waals surface area contributed by atoms with Crippen LogP contribution in [0.2, 0.25) is 0 Å². The lowest BCUT2D eigenvalue weighted by molar-refractivity contribution is -0.120. The molecule has 2 aromatic heterocycles. The van der Waals surface area contributed by atoms with Crippen LogP contribution in [0.3, 0.4) is 0 Å². The van der Waals surface area contributed by atoms with Crippen molar-refractivity contribution >= 4 is 17.9 Å². The first-order valence-corrected chi connectivity index (χ1v) is 10.7. The van der Waals surface area contributed by atoms with Crippen molar-refractivity contribution in [3.63, 3.8) is 0 Å². The lowest BCUT2D eigenvalue weighted by atomic mass is 10.2. The number of nitrogens with one attached hydrogen (secondary N) is 1. The predicted molar refractivity (Wildman–Crippen MR) is 124 cm³/mol. The number of hydrogen-bond donors (Lipinski definition) is 1. The van der Waals surface area contributed by atoms with Gasteiger partial charge in [0.05, 0.1) is 18.5 Å². The molecule has 0 aliphatic carbocycles. The van der Waals surface area contributed by atoms with Crippen LogP contribution < -0.4 is 10.4 Å². The number of halogens is 1. The minimum atomic E-state index is -0.178. The molecule has 3 aromatic rings. The molecule has 1 aromatic carbocycles. The topological polar surface area (TPSA) is 75.0 Å². The summed E-state index contributed by atoms with van der Waals surface area (Å²) in [7, 11) is 3.87. The zero-order valence-corrected chi connectivity index (χ0v) is 19.2. The van der Waals surface area contributed by atoms with E-state index in [-0.39, 0.29) is 5.82 Å². The number of anilines is 1. The van der Waals surface area contributed by atoms with E-state index in [4.69, 9.17) is 0 Å². The van der Waals surface area contributed by atoms with Crippen molar-refractivity contribution in [1.82, 2.24) is 25.0 Å². The molecule has 0 unspecified atom stereocenters. The van der Waals surface area contributed by atoms with Gasteiger partial charge in [0.25, 0.3) is 0 Å². The lowest BCUT2D eigenvalue weighted by Gasteiger charge is -2.22. The molecule has 3 heterocycles. The van der Waals surface area contributed by atoms with E-state index in [9.17, 15) is 9.18 Å². The highest BCUT2D eigenvalue weighted by atomic mass is 19.1. The van der Waals surface area contributed by atoms with Crippen LogP contribution in [0.4, 0.5) is 10.2 Å². The Morgan fingerprint density at radius 3 is 2.56 bits per heavy atom. The van der Waals surface area contributed by atoms with Crippen molar-refractivity contribution in [2.75, 3.05) is 38.7 Å². The van der Waals surface area contributed by atoms with E-state index in [1.807, 2.05) is 42.7 Å². The molecule has 1 aliphatic heterocycles. The summed E-state index contributed by atoms with van der Waals surface area (Å²) in [5, 5.41) is 4.65. The van der Waals surface area contributed by atoms with Gasteiger partial charge >= 0.3 is 0 Å². The van der Waals surface area contributed by atoms with E-state index < -0.39 is 0 Å². The van der Waals surface area contributed by atoms with Gasteiger partial charge in [0.15, 0.2) is 5.65 Å². The summed E-state index contributed by atoms with van der Waals surface area (Å²) in [4.78, 5) is 22.9.